The van der Waals surface area contributed by atoms with Crippen LogP contribution in [0.2, 0.25) is 10.0 Å². The third-order valence-electron chi connectivity index (χ3n) is 3.89. The minimum absolute atomic E-state index is 0.132. The van der Waals surface area contributed by atoms with E-state index >= 15 is 0 Å². The lowest BCUT2D eigenvalue weighted by Crippen LogP contribution is -2.06. The number of hydrazone groups is 1. The Morgan fingerprint density at radius 1 is 0.833 bits per heavy atom. The van der Waals surface area contributed by atoms with Crippen molar-refractivity contribution in [2.45, 2.75) is 6.61 Å². The molecule has 0 aromatic heterocycles. The molecule has 3 nitrogen and oxygen atoms in total. The second-order valence-electron chi connectivity index (χ2n) is 5.89. The molecule has 0 aliphatic carbocycles. The molecule has 1 N–H and O–H groups in total. The summed E-state index contributed by atoms with van der Waals surface area (Å²) < 4.78 is 72.6. The molecule has 0 amide bonds. The van der Waals surface area contributed by atoms with E-state index in [1.54, 1.807) is 42.5 Å². The van der Waals surface area contributed by atoms with Gasteiger partial charge in [0.25, 0.3) is 0 Å². The third kappa shape index (κ3) is 4.66. The van der Waals surface area contributed by atoms with Crippen molar-refractivity contribution in [1.29, 1.82) is 0 Å². The Kier molecular flexibility index (Phi) is 6.79. The average molecular weight is 461 g/mol. The van der Waals surface area contributed by atoms with Gasteiger partial charge in [0.05, 0.1) is 16.3 Å². The molecule has 0 saturated carbocycles. The highest BCUT2D eigenvalue weighted by molar-refractivity contribution is 6.42. The highest BCUT2D eigenvalue weighted by atomic mass is 35.5. The predicted molar refractivity (Wildman–Crippen MR) is 105 cm³/mol. The van der Waals surface area contributed by atoms with Crippen LogP contribution in [-0.4, -0.2) is 6.21 Å². The van der Waals surface area contributed by atoms with Crippen LogP contribution in [-0.2, 0) is 6.61 Å². The Morgan fingerprint density at radius 3 is 2.13 bits per heavy atom. The Labute approximate surface area is 177 Å². The minimum atomic E-state index is -2.25. The van der Waals surface area contributed by atoms with Crippen LogP contribution in [0, 0.1) is 29.1 Å². The van der Waals surface area contributed by atoms with Crippen LogP contribution in [0.1, 0.15) is 11.1 Å². The zero-order chi connectivity index (χ0) is 21.8. The lowest BCUT2D eigenvalue weighted by Gasteiger charge is -2.10. The maximum atomic E-state index is 13.7. The highest BCUT2D eigenvalue weighted by Gasteiger charge is 2.25. The summed E-state index contributed by atoms with van der Waals surface area (Å²) in [6.07, 6.45) is 1.11. The standard InChI is InChI=1S/C20H11Cl2F5N2O/c21-12-6-5-10(7-13(12)22)9-30-14-4-2-1-3-11(14)8-28-29-20-18(26)16(24)15(23)17(25)19(20)27/h1-8,29H,9H2/b28-8-. The molecule has 10 heteroatoms. The van der Waals surface area contributed by atoms with Crippen molar-refractivity contribution in [3.63, 3.8) is 0 Å². The first kappa shape index (κ1) is 21.9. The highest BCUT2D eigenvalue weighted by Crippen LogP contribution is 2.27. The van der Waals surface area contributed by atoms with Gasteiger partial charge in [-0.3, -0.25) is 5.43 Å². The summed E-state index contributed by atoms with van der Waals surface area (Å²) in [6, 6.07) is 11.5. The van der Waals surface area contributed by atoms with Gasteiger partial charge < -0.3 is 4.74 Å². The number of benzene rings is 3. The normalized spacial score (nSPS) is 11.2. The molecule has 3 aromatic rings. The first-order valence-electron chi connectivity index (χ1n) is 8.26. The summed E-state index contributed by atoms with van der Waals surface area (Å²) in [7, 11) is 0. The van der Waals surface area contributed by atoms with Gasteiger partial charge in [0.1, 0.15) is 18.0 Å². The summed E-state index contributed by atoms with van der Waals surface area (Å²) in [5.41, 5.74) is 1.69. The van der Waals surface area contributed by atoms with Gasteiger partial charge in [-0.05, 0) is 29.8 Å². The number of para-hydroxylation sites is 1. The van der Waals surface area contributed by atoms with E-state index in [2.05, 4.69) is 5.10 Å². The molecule has 156 valence electrons. The molecule has 3 rings (SSSR count). The maximum Gasteiger partial charge on any atom is 0.200 e. The van der Waals surface area contributed by atoms with Crippen molar-refractivity contribution in [3.05, 3.63) is 92.7 Å². The number of anilines is 1. The smallest absolute Gasteiger partial charge is 0.200 e. The maximum absolute atomic E-state index is 13.7. The fraction of sp³-hybridized carbons (Fsp3) is 0.0500. The van der Waals surface area contributed by atoms with Crippen LogP contribution < -0.4 is 10.2 Å². The number of hydrogen-bond acceptors (Lipinski definition) is 3. The SMILES string of the molecule is Fc1c(F)c(F)c(N/N=C\c2ccccc2OCc2ccc(Cl)c(Cl)c2)c(F)c1F. The second-order valence-corrected chi connectivity index (χ2v) is 6.70. The van der Waals surface area contributed by atoms with Crippen LogP contribution in [0.15, 0.2) is 47.6 Å². The van der Waals surface area contributed by atoms with Crippen molar-refractivity contribution in [3.8, 4) is 5.75 Å². The molecule has 0 atom stereocenters. The van der Waals surface area contributed by atoms with Crippen molar-refractivity contribution in [1.82, 2.24) is 0 Å². The first-order valence-corrected chi connectivity index (χ1v) is 9.01. The fourth-order valence-corrected chi connectivity index (χ4v) is 2.70. The van der Waals surface area contributed by atoms with E-state index in [1.165, 1.54) is 0 Å². The molecule has 0 radical (unpaired) electrons. The van der Waals surface area contributed by atoms with Gasteiger partial charge in [0, 0.05) is 5.56 Å². The van der Waals surface area contributed by atoms with Crippen molar-refractivity contribution >= 4 is 35.1 Å². The van der Waals surface area contributed by atoms with E-state index in [1.807, 2.05) is 5.43 Å². The Balaban J connectivity index is 1.77. The lowest BCUT2D eigenvalue weighted by molar-refractivity contribution is 0.306. The van der Waals surface area contributed by atoms with Gasteiger partial charge >= 0.3 is 0 Å². The molecule has 0 fully saturated rings. The van der Waals surface area contributed by atoms with Crippen molar-refractivity contribution < 1.29 is 26.7 Å². The van der Waals surface area contributed by atoms with E-state index in [-0.39, 0.29) is 6.61 Å². The second kappa shape index (κ2) is 9.32. The number of nitrogens with zero attached hydrogens (tertiary/aromatic N) is 1. The third-order valence-corrected chi connectivity index (χ3v) is 4.63. The van der Waals surface area contributed by atoms with Gasteiger partial charge in [-0.2, -0.15) is 5.10 Å². The topological polar surface area (TPSA) is 33.6 Å². The van der Waals surface area contributed by atoms with E-state index in [0.29, 0.717) is 21.4 Å². The molecule has 0 bridgehead atoms. The summed E-state index contributed by atoms with van der Waals surface area (Å²) in [4.78, 5) is 0. The molecule has 30 heavy (non-hydrogen) atoms. The number of nitrogens with one attached hydrogen (secondary N) is 1. The zero-order valence-electron chi connectivity index (χ0n) is 14.8. The molecule has 0 heterocycles. The largest absolute Gasteiger partial charge is 0.488 e. The van der Waals surface area contributed by atoms with Gasteiger partial charge in [-0.1, -0.05) is 41.4 Å². The number of rotatable bonds is 6. The van der Waals surface area contributed by atoms with Crippen LogP contribution in [0.5, 0.6) is 5.75 Å². The summed E-state index contributed by atoms with van der Waals surface area (Å²) in [6.45, 7) is 0.132. The number of halogens is 7. The van der Waals surface area contributed by atoms with E-state index < -0.39 is 34.8 Å². The molecule has 0 saturated heterocycles. The van der Waals surface area contributed by atoms with Crippen LogP contribution >= 0.6 is 23.2 Å². The Morgan fingerprint density at radius 2 is 1.47 bits per heavy atom. The average Bonchev–Trinajstić information content (AvgIpc) is 2.75. The molecular formula is C20H11Cl2F5N2O. The zero-order valence-corrected chi connectivity index (χ0v) is 16.3. The molecule has 0 aliphatic heterocycles. The van der Waals surface area contributed by atoms with Gasteiger partial charge in [-0.15, -0.1) is 0 Å². The van der Waals surface area contributed by atoms with E-state index in [9.17, 15) is 22.0 Å². The molecular weight excluding hydrogens is 450 g/mol. The van der Waals surface area contributed by atoms with Crippen LogP contribution in [0.25, 0.3) is 0 Å². The number of hydrogen-bond donors (Lipinski definition) is 1. The molecule has 0 spiro atoms. The Bertz CT molecular complexity index is 1100. The van der Waals surface area contributed by atoms with Gasteiger partial charge in [-0.25, -0.2) is 22.0 Å². The van der Waals surface area contributed by atoms with Gasteiger partial charge in [0.15, 0.2) is 23.3 Å². The summed E-state index contributed by atoms with van der Waals surface area (Å²) in [5, 5.41) is 4.31. The first-order chi connectivity index (χ1) is 14.3. The predicted octanol–water partition coefficient (Wildman–Crippen LogP) is 6.71. The summed E-state index contributed by atoms with van der Waals surface area (Å²) in [5.74, 6) is -10.1. The van der Waals surface area contributed by atoms with Crippen LogP contribution in [0.4, 0.5) is 27.6 Å². The lowest BCUT2D eigenvalue weighted by atomic mass is 10.2. The number of ether oxygens (including phenoxy) is 1. The van der Waals surface area contributed by atoms with Crippen LogP contribution in [0.3, 0.4) is 0 Å². The minimum Gasteiger partial charge on any atom is -0.488 e. The summed E-state index contributed by atoms with van der Waals surface area (Å²) >= 11 is 11.8. The molecule has 0 unspecified atom stereocenters. The molecule has 0 aliphatic rings. The monoisotopic (exact) mass is 460 g/mol. The van der Waals surface area contributed by atoms with E-state index in [4.69, 9.17) is 27.9 Å². The Hall–Kier alpha value is -2.84. The molecule has 3 aromatic carbocycles. The van der Waals surface area contributed by atoms with E-state index in [0.717, 1.165) is 11.8 Å². The fourth-order valence-electron chi connectivity index (χ4n) is 2.38. The quantitative estimate of drug-likeness (QED) is 0.146. The van der Waals surface area contributed by atoms with Crippen molar-refractivity contribution in [2.24, 2.45) is 5.10 Å². The van der Waals surface area contributed by atoms with Crippen molar-refractivity contribution in [2.75, 3.05) is 5.43 Å². The van der Waals surface area contributed by atoms with Gasteiger partial charge in [0.2, 0.25) is 5.82 Å².